The first kappa shape index (κ1) is 45.3. The molecule has 1 saturated heterocycles. The highest BCUT2D eigenvalue weighted by atomic mass is 16.5. The molecule has 1 aliphatic heterocycles. The molecule has 0 spiro atoms. The number of likely N-dealkylation sites (tertiary alicyclic amines) is 1. The van der Waals surface area contributed by atoms with Crippen molar-refractivity contribution in [2.75, 3.05) is 33.4 Å². The Hall–Kier alpha value is -7.23. The Morgan fingerprint density at radius 1 is 0.879 bits per heavy atom. The van der Waals surface area contributed by atoms with Crippen molar-refractivity contribution in [3.8, 4) is 22.9 Å². The highest BCUT2D eigenvalue weighted by Crippen LogP contribution is 2.34. The Kier molecular flexibility index (Phi) is 14.2. The number of nitrogens with zero attached hydrogens (tertiary/aromatic N) is 3. The van der Waals surface area contributed by atoms with Crippen molar-refractivity contribution in [1.82, 2.24) is 30.5 Å². The van der Waals surface area contributed by atoms with Crippen LogP contribution in [-0.4, -0.2) is 80.4 Å². The van der Waals surface area contributed by atoms with E-state index in [2.05, 4.69) is 37.6 Å². The molecule has 1 aliphatic rings. The number of phenols is 1. The molecule has 2 aromatic heterocycles. The molecule has 0 bridgehead atoms. The minimum Gasteiger partial charge on any atom is -0.506 e. The molecule has 0 aliphatic carbocycles. The molecule has 6 N–H and O–H groups in total. The van der Waals surface area contributed by atoms with Crippen molar-refractivity contribution in [3.05, 3.63) is 189 Å². The van der Waals surface area contributed by atoms with Crippen LogP contribution in [0.3, 0.4) is 0 Å². The lowest BCUT2D eigenvalue weighted by Gasteiger charge is -2.33. The van der Waals surface area contributed by atoms with Gasteiger partial charge in [-0.2, -0.15) is 0 Å². The summed E-state index contributed by atoms with van der Waals surface area (Å²) in [5, 5.41) is 40.2. The number of H-pyrrole nitrogens is 1. The van der Waals surface area contributed by atoms with Gasteiger partial charge in [-0.15, -0.1) is 0 Å². The Labute approximate surface area is 381 Å². The van der Waals surface area contributed by atoms with E-state index in [1.165, 1.54) is 24.8 Å². The molecule has 0 saturated carbocycles. The first-order chi connectivity index (χ1) is 32.1. The van der Waals surface area contributed by atoms with Crippen LogP contribution in [0.25, 0.3) is 22.3 Å². The van der Waals surface area contributed by atoms with Crippen molar-refractivity contribution in [2.24, 2.45) is 5.92 Å². The highest BCUT2D eigenvalue weighted by Gasteiger charge is 2.42. The summed E-state index contributed by atoms with van der Waals surface area (Å²) >= 11 is 0. The number of aliphatic hydroxyl groups is 2. The van der Waals surface area contributed by atoms with Crippen LogP contribution >= 0.6 is 0 Å². The van der Waals surface area contributed by atoms with Gasteiger partial charge in [-0.05, 0) is 84.9 Å². The van der Waals surface area contributed by atoms with Crippen molar-refractivity contribution < 1.29 is 34.4 Å². The number of fused-ring (bicyclic) bond motifs is 1. The number of benzene rings is 5. The molecular formula is C52H52N6O8. The van der Waals surface area contributed by atoms with Gasteiger partial charge in [-0.25, -0.2) is 14.8 Å². The topological polar surface area (TPSA) is 199 Å². The Morgan fingerprint density at radius 2 is 1.64 bits per heavy atom. The molecular weight excluding hydrogens is 837 g/mol. The third-order valence-corrected chi connectivity index (χ3v) is 12.0. The smallest absolute Gasteiger partial charge is 0.347 e. The van der Waals surface area contributed by atoms with Crippen LogP contribution < -0.4 is 20.9 Å². The van der Waals surface area contributed by atoms with Crippen LogP contribution in [0.4, 0.5) is 0 Å². The van der Waals surface area contributed by atoms with Gasteiger partial charge >= 0.3 is 5.97 Å². The zero-order valence-corrected chi connectivity index (χ0v) is 36.5. The number of methoxy groups -OCH3 is 1. The van der Waals surface area contributed by atoms with E-state index in [9.17, 15) is 29.7 Å². The lowest BCUT2D eigenvalue weighted by molar-refractivity contribution is -0.164. The summed E-state index contributed by atoms with van der Waals surface area (Å²) in [6, 6.07) is 38.8. The molecule has 2 atom stereocenters. The van der Waals surface area contributed by atoms with Gasteiger partial charge in [-0.3, -0.25) is 14.5 Å². The number of esters is 1. The van der Waals surface area contributed by atoms with Gasteiger partial charge in [0.25, 0.3) is 5.91 Å². The van der Waals surface area contributed by atoms with Gasteiger partial charge in [0.1, 0.15) is 11.5 Å². The molecule has 5 aromatic carbocycles. The van der Waals surface area contributed by atoms with Gasteiger partial charge in [0.2, 0.25) is 11.2 Å². The standard InChI is InChI=1S/C52H52N6O8/c1-65-46-28-37(15-16-38(46)29-53-31-45(60)42-17-19-44(59)48-43(42)18-20-47(61)57-48)50(62)55-30-41-21-24-54-49(56-41)36-11-8-14-40(27-36)52(64,39-12-6-3-7-13-39)51(63)66-33-35-22-25-58(26-23-35)32-34-9-4-2-5-10-34/h2-21,24,27-28,35,45,53,59-60,64H,22-23,25-26,29-33H2,1H3,(H,55,62)(H,57,61)/t45-,52-/m0/s1. The lowest BCUT2D eigenvalue weighted by Crippen LogP contribution is -2.40. The van der Waals surface area contributed by atoms with E-state index in [1.54, 1.807) is 91.1 Å². The van der Waals surface area contributed by atoms with Crippen molar-refractivity contribution in [1.29, 1.82) is 0 Å². The fourth-order valence-electron chi connectivity index (χ4n) is 8.36. The van der Waals surface area contributed by atoms with Gasteiger partial charge in [0.15, 0.2) is 5.82 Å². The number of hydrogen-bond donors (Lipinski definition) is 6. The van der Waals surface area contributed by atoms with E-state index in [0.29, 0.717) is 57.0 Å². The average molecular weight is 889 g/mol. The number of aromatic hydroxyl groups is 1. The maximum Gasteiger partial charge on any atom is 0.347 e. The summed E-state index contributed by atoms with van der Waals surface area (Å²) in [7, 11) is 1.51. The summed E-state index contributed by atoms with van der Waals surface area (Å²) in [6.45, 7) is 3.45. The molecule has 338 valence electrons. The second-order valence-corrected chi connectivity index (χ2v) is 16.5. The Balaban J connectivity index is 0.887. The number of ether oxygens (including phenoxy) is 2. The second-order valence-electron chi connectivity index (χ2n) is 16.5. The largest absolute Gasteiger partial charge is 0.506 e. The third kappa shape index (κ3) is 10.5. The van der Waals surface area contributed by atoms with Crippen molar-refractivity contribution >= 4 is 22.8 Å². The van der Waals surface area contributed by atoms with E-state index in [4.69, 9.17) is 14.5 Å². The molecule has 0 radical (unpaired) electrons. The predicted molar refractivity (Wildman–Crippen MR) is 249 cm³/mol. The molecule has 0 unspecified atom stereocenters. The van der Waals surface area contributed by atoms with Gasteiger partial charge in [0, 0.05) is 59.5 Å². The van der Waals surface area contributed by atoms with Crippen LogP contribution in [0.5, 0.6) is 11.5 Å². The molecule has 8 rings (SSSR count). The molecule has 3 heterocycles. The van der Waals surface area contributed by atoms with E-state index >= 15 is 0 Å². The van der Waals surface area contributed by atoms with Gasteiger partial charge in [0.05, 0.1) is 37.6 Å². The number of nitrogens with one attached hydrogen (secondary N) is 3. The minimum atomic E-state index is -2.10. The number of amides is 1. The summed E-state index contributed by atoms with van der Waals surface area (Å²) in [6.07, 6.45) is 2.41. The maximum absolute atomic E-state index is 14.0. The number of hydrogen-bond acceptors (Lipinski definition) is 12. The van der Waals surface area contributed by atoms with Crippen LogP contribution in [-0.2, 0) is 34.8 Å². The zero-order chi connectivity index (χ0) is 46.0. The number of pyridine rings is 1. The number of carbonyl (C=O) groups is 2. The predicted octanol–water partition coefficient (Wildman–Crippen LogP) is 6.14. The lowest BCUT2D eigenvalue weighted by atomic mass is 9.85. The number of rotatable bonds is 17. The van der Waals surface area contributed by atoms with Gasteiger partial charge < -0.3 is 40.4 Å². The Morgan fingerprint density at radius 3 is 2.41 bits per heavy atom. The first-order valence-corrected chi connectivity index (χ1v) is 21.9. The summed E-state index contributed by atoms with van der Waals surface area (Å²) in [5.74, 6) is -0.207. The molecule has 66 heavy (non-hydrogen) atoms. The molecule has 7 aromatic rings. The fourth-order valence-corrected chi connectivity index (χ4v) is 8.36. The average Bonchev–Trinajstić information content (AvgIpc) is 3.36. The Bertz CT molecular complexity index is 2850. The van der Waals surface area contributed by atoms with Crippen LogP contribution in [0.15, 0.2) is 144 Å². The van der Waals surface area contributed by atoms with Crippen LogP contribution in [0.2, 0.25) is 0 Å². The van der Waals surface area contributed by atoms with E-state index in [1.807, 2.05) is 24.3 Å². The summed E-state index contributed by atoms with van der Waals surface area (Å²) < 4.78 is 11.5. The quantitative estimate of drug-likeness (QED) is 0.0572. The van der Waals surface area contributed by atoms with Crippen LogP contribution in [0.1, 0.15) is 62.8 Å². The number of aromatic nitrogens is 3. The minimum absolute atomic E-state index is 0.0862. The van der Waals surface area contributed by atoms with E-state index in [0.717, 1.165) is 38.0 Å². The van der Waals surface area contributed by atoms with Crippen molar-refractivity contribution in [2.45, 2.75) is 44.2 Å². The van der Waals surface area contributed by atoms with Gasteiger partial charge in [-0.1, -0.05) is 91.0 Å². The zero-order valence-electron chi connectivity index (χ0n) is 36.5. The van der Waals surface area contributed by atoms with Crippen LogP contribution in [0, 0.1) is 5.92 Å². The number of carbonyl (C=O) groups excluding carboxylic acids is 2. The summed E-state index contributed by atoms with van der Waals surface area (Å²) in [5.41, 5.74) is 2.50. The summed E-state index contributed by atoms with van der Waals surface area (Å²) in [4.78, 5) is 53.4. The first-order valence-electron chi connectivity index (χ1n) is 21.9. The monoisotopic (exact) mass is 888 g/mol. The van der Waals surface area contributed by atoms with Crippen molar-refractivity contribution in [3.63, 3.8) is 0 Å². The number of phenolic OH excluding ortho intramolecular Hbond substituents is 1. The normalized spacial score (nSPS) is 14.6. The third-order valence-electron chi connectivity index (χ3n) is 12.0. The molecule has 1 fully saturated rings. The van der Waals surface area contributed by atoms with E-state index in [-0.39, 0.29) is 48.3 Å². The second kappa shape index (κ2) is 20.7. The maximum atomic E-state index is 14.0. The highest BCUT2D eigenvalue weighted by molar-refractivity contribution is 5.94. The molecule has 1 amide bonds. The molecule has 14 heteroatoms. The number of aliphatic hydroxyl groups excluding tert-OH is 1. The fraction of sp³-hybridized carbons (Fsp3) is 0.250. The molecule has 14 nitrogen and oxygen atoms in total. The SMILES string of the molecule is COc1cc(C(=O)NCc2ccnc(-c3cccc([C@](O)(C(=O)OCC4CCN(Cc5ccccc5)CC4)c4ccccc4)c3)n2)ccc1CNC[C@H](O)c1ccc(O)c2[nH]c(=O)ccc12. The number of aromatic amines is 1. The van der Waals surface area contributed by atoms with E-state index < -0.39 is 17.7 Å². The number of piperidine rings is 1.